The zero-order valence-corrected chi connectivity index (χ0v) is 16.9. The third-order valence-corrected chi connectivity index (χ3v) is 6.97. The van der Waals surface area contributed by atoms with Gasteiger partial charge in [-0.2, -0.15) is 0 Å². The highest BCUT2D eigenvalue weighted by Gasteiger charge is 2.25. The van der Waals surface area contributed by atoms with Crippen LogP contribution >= 0.6 is 0 Å². The predicted octanol–water partition coefficient (Wildman–Crippen LogP) is 3.12. The topological polar surface area (TPSA) is 90.8 Å². The summed E-state index contributed by atoms with van der Waals surface area (Å²) in [6.07, 6.45) is 0.596. The van der Waals surface area contributed by atoms with E-state index in [0.29, 0.717) is 4.90 Å². The van der Waals surface area contributed by atoms with Gasteiger partial charge in [-0.05, 0) is 37.1 Å². The molecule has 1 fully saturated rings. The first-order valence-electron chi connectivity index (χ1n) is 9.33. The number of benzene rings is 1. The lowest BCUT2D eigenvalue weighted by atomic mass is 10.0. The summed E-state index contributed by atoms with van der Waals surface area (Å²) in [6.45, 7) is 3.08. The van der Waals surface area contributed by atoms with Gasteiger partial charge in [0, 0.05) is 31.7 Å². The molecule has 1 aliphatic rings. The van der Waals surface area contributed by atoms with Crippen LogP contribution in [-0.4, -0.2) is 61.4 Å². The molecule has 0 atom stereocenters. The predicted molar refractivity (Wildman–Crippen MR) is 108 cm³/mol. The third kappa shape index (κ3) is 4.27. The summed E-state index contributed by atoms with van der Waals surface area (Å²) in [7, 11) is -1.66. The molecule has 8 heteroatoms. The number of sulfone groups is 1. The first-order valence-corrected chi connectivity index (χ1v) is 11.0. The number of hydrogen-bond acceptors (Lipinski definition) is 5. The van der Waals surface area contributed by atoms with Crippen molar-refractivity contribution in [3.63, 3.8) is 0 Å². The summed E-state index contributed by atoms with van der Waals surface area (Å²) in [5.74, 6) is 0.876. The van der Waals surface area contributed by atoms with E-state index >= 15 is 0 Å². The molecule has 1 aliphatic heterocycles. The monoisotopic (exact) mass is 403 g/mol. The van der Waals surface area contributed by atoms with Crippen molar-refractivity contribution in [1.82, 2.24) is 9.88 Å². The fourth-order valence-corrected chi connectivity index (χ4v) is 4.34. The summed E-state index contributed by atoms with van der Waals surface area (Å²) in [5, 5.41) is 9.13. The summed E-state index contributed by atoms with van der Waals surface area (Å²) >= 11 is 0. The largest absolute Gasteiger partial charge is 0.465 e. The number of piperidine rings is 1. The number of carbonyl (C=O) groups is 1. The molecule has 28 heavy (non-hydrogen) atoms. The van der Waals surface area contributed by atoms with Gasteiger partial charge in [-0.25, -0.2) is 18.2 Å². The van der Waals surface area contributed by atoms with Gasteiger partial charge in [0.1, 0.15) is 5.82 Å². The molecule has 2 aromatic rings. The molecule has 1 N–H and O–H groups in total. The van der Waals surface area contributed by atoms with Crippen molar-refractivity contribution in [1.29, 1.82) is 0 Å². The Bertz CT molecular complexity index is 953. The zero-order chi connectivity index (χ0) is 20.3. The molecular formula is C20H25N3O4S. The van der Waals surface area contributed by atoms with E-state index in [1.165, 1.54) is 4.90 Å². The lowest BCUT2D eigenvalue weighted by molar-refractivity contribution is 0.131. The Balaban J connectivity index is 1.79. The van der Waals surface area contributed by atoms with E-state index < -0.39 is 15.9 Å². The number of hydrogen-bond donors (Lipinski definition) is 1. The summed E-state index contributed by atoms with van der Waals surface area (Å²) in [4.78, 5) is 19.7. The maximum absolute atomic E-state index is 12.2. The van der Waals surface area contributed by atoms with E-state index in [-0.39, 0.29) is 11.8 Å². The number of nitrogens with zero attached hydrogens (tertiary/aromatic N) is 3. The molecule has 1 aromatic carbocycles. The first kappa shape index (κ1) is 20.1. The van der Waals surface area contributed by atoms with Crippen molar-refractivity contribution in [3.05, 3.63) is 42.5 Å². The second-order valence-electron chi connectivity index (χ2n) is 6.92. The lowest BCUT2D eigenvalue weighted by Gasteiger charge is -2.36. The molecule has 0 radical (unpaired) electrons. The van der Waals surface area contributed by atoms with Gasteiger partial charge in [0.05, 0.1) is 16.3 Å². The Kier molecular flexibility index (Phi) is 5.88. The Hall–Kier alpha value is -2.61. The van der Waals surface area contributed by atoms with Crippen molar-refractivity contribution >= 4 is 21.7 Å². The molecule has 2 heterocycles. The van der Waals surface area contributed by atoms with E-state index in [4.69, 9.17) is 10.1 Å². The molecular weight excluding hydrogens is 378 g/mol. The van der Waals surface area contributed by atoms with Crippen LogP contribution in [0.2, 0.25) is 0 Å². The van der Waals surface area contributed by atoms with E-state index in [1.54, 1.807) is 32.2 Å². The highest BCUT2D eigenvalue weighted by atomic mass is 32.2. The second-order valence-corrected chi connectivity index (χ2v) is 9.20. The third-order valence-electron chi connectivity index (χ3n) is 5.24. The second kappa shape index (κ2) is 8.18. The molecule has 0 saturated carbocycles. The fourth-order valence-electron chi connectivity index (χ4n) is 3.41. The minimum atomic E-state index is -3.27. The summed E-state index contributed by atoms with van der Waals surface area (Å²) in [6, 6.07) is 12.6. The van der Waals surface area contributed by atoms with E-state index in [2.05, 4.69) is 4.90 Å². The Morgan fingerprint density at radius 2 is 1.89 bits per heavy atom. The molecule has 0 unspecified atom stereocenters. The number of pyridine rings is 1. The highest BCUT2D eigenvalue weighted by molar-refractivity contribution is 7.91. The van der Waals surface area contributed by atoms with Crippen LogP contribution in [-0.2, 0) is 9.84 Å². The van der Waals surface area contributed by atoms with Crippen molar-refractivity contribution in [2.45, 2.75) is 30.7 Å². The van der Waals surface area contributed by atoms with Gasteiger partial charge in [0.2, 0.25) is 0 Å². The van der Waals surface area contributed by atoms with Crippen LogP contribution in [0.5, 0.6) is 0 Å². The number of carboxylic acid groups (broad SMARTS) is 1. The molecule has 1 amide bonds. The van der Waals surface area contributed by atoms with Crippen LogP contribution in [0.15, 0.2) is 47.4 Å². The minimum Gasteiger partial charge on any atom is -0.465 e. The van der Waals surface area contributed by atoms with Crippen molar-refractivity contribution in [3.8, 4) is 11.3 Å². The van der Waals surface area contributed by atoms with Crippen molar-refractivity contribution < 1.29 is 18.3 Å². The van der Waals surface area contributed by atoms with E-state index in [0.717, 1.165) is 43.0 Å². The van der Waals surface area contributed by atoms with Gasteiger partial charge in [0.15, 0.2) is 9.84 Å². The molecule has 0 spiro atoms. The number of amides is 1. The highest BCUT2D eigenvalue weighted by Crippen LogP contribution is 2.26. The average Bonchev–Trinajstić information content (AvgIpc) is 2.73. The average molecular weight is 404 g/mol. The first-order chi connectivity index (χ1) is 13.3. The SMILES string of the molecule is CCS(=O)(=O)c1cccc(-c2cccc(N3CCC(N(C)C(=O)O)CC3)n2)c1. The maximum Gasteiger partial charge on any atom is 0.407 e. The molecule has 0 aliphatic carbocycles. The molecule has 150 valence electrons. The summed E-state index contributed by atoms with van der Waals surface area (Å²) < 4.78 is 24.3. The molecule has 0 bridgehead atoms. The van der Waals surface area contributed by atoms with E-state index in [1.807, 2.05) is 24.3 Å². The maximum atomic E-state index is 12.2. The van der Waals surface area contributed by atoms with Crippen molar-refractivity contribution in [2.75, 3.05) is 30.8 Å². The Morgan fingerprint density at radius 3 is 2.54 bits per heavy atom. The summed E-state index contributed by atoms with van der Waals surface area (Å²) in [5.41, 5.74) is 1.48. The molecule has 3 rings (SSSR count). The van der Waals surface area contributed by atoms with Crippen molar-refractivity contribution in [2.24, 2.45) is 0 Å². The molecule has 1 aromatic heterocycles. The zero-order valence-electron chi connectivity index (χ0n) is 16.1. The van der Waals surface area contributed by atoms with E-state index in [9.17, 15) is 13.2 Å². The smallest absolute Gasteiger partial charge is 0.407 e. The van der Waals surface area contributed by atoms with Crippen LogP contribution in [0.3, 0.4) is 0 Å². The number of anilines is 1. The Morgan fingerprint density at radius 1 is 1.21 bits per heavy atom. The van der Waals surface area contributed by atoms with Gasteiger partial charge in [-0.15, -0.1) is 0 Å². The van der Waals surface area contributed by atoms with Crippen LogP contribution < -0.4 is 4.90 Å². The fraction of sp³-hybridized carbons (Fsp3) is 0.400. The van der Waals surface area contributed by atoms with Gasteiger partial charge in [0.25, 0.3) is 0 Å². The molecule has 7 nitrogen and oxygen atoms in total. The van der Waals surface area contributed by atoms with Crippen LogP contribution in [0, 0.1) is 0 Å². The van der Waals surface area contributed by atoms with Gasteiger partial charge in [-0.1, -0.05) is 25.1 Å². The van der Waals surface area contributed by atoms with Gasteiger partial charge in [-0.3, -0.25) is 0 Å². The quantitative estimate of drug-likeness (QED) is 0.825. The van der Waals surface area contributed by atoms with Crippen LogP contribution in [0.25, 0.3) is 11.3 Å². The lowest BCUT2D eigenvalue weighted by Crippen LogP contribution is -2.45. The van der Waals surface area contributed by atoms with Gasteiger partial charge < -0.3 is 14.9 Å². The number of rotatable bonds is 5. The van der Waals surface area contributed by atoms with Gasteiger partial charge >= 0.3 is 6.09 Å². The number of aromatic nitrogens is 1. The standard InChI is InChI=1S/C20H25N3O4S/c1-3-28(26,27)17-7-4-6-15(14-17)18-8-5-9-19(21-18)23-12-10-16(11-13-23)22(2)20(24)25/h4-9,14,16H,3,10-13H2,1-2H3,(H,24,25). The minimum absolute atomic E-state index is 0.0212. The van der Waals surface area contributed by atoms with Crippen LogP contribution in [0.4, 0.5) is 10.6 Å². The molecule has 1 saturated heterocycles. The van der Waals surface area contributed by atoms with Crippen LogP contribution in [0.1, 0.15) is 19.8 Å². The Labute approximate surface area is 165 Å². The normalized spacial score (nSPS) is 15.4.